The summed E-state index contributed by atoms with van der Waals surface area (Å²) in [6.45, 7) is 4.62. The van der Waals surface area contributed by atoms with Gasteiger partial charge in [-0.1, -0.05) is 0 Å². The third-order valence-electron chi connectivity index (χ3n) is 3.45. The summed E-state index contributed by atoms with van der Waals surface area (Å²) < 4.78 is 5.42. The highest BCUT2D eigenvalue weighted by Crippen LogP contribution is 2.17. The molecule has 3 unspecified atom stereocenters. The van der Waals surface area contributed by atoms with Crippen LogP contribution in [0.15, 0.2) is 0 Å². The van der Waals surface area contributed by atoms with Gasteiger partial charge in [0, 0.05) is 25.1 Å². The van der Waals surface area contributed by atoms with Gasteiger partial charge in [0.1, 0.15) is 0 Å². The van der Waals surface area contributed by atoms with Crippen LogP contribution in [0.4, 0.5) is 0 Å². The molecule has 3 atom stereocenters. The number of aliphatic hydroxyl groups is 1. The van der Waals surface area contributed by atoms with Crippen LogP contribution in [-0.2, 0) is 4.74 Å². The molecule has 1 aliphatic rings. The van der Waals surface area contributed by atoms with Gasteiger partial charge < -0.3 is 14.7 Å². The van der Waals surface area contributed by atoms with E-state index in [-0.39, 0.29) is 12.0 Å². The maximum absolute atomic E-state index is 9.86. The number of ether oxygens (including phenoxy) is 1. The second-order valence-corrected chi connectivity index (χ2v) is 5.75. The zero-order valence-electron chi connectivity index (χ0n) is 10.7. The maximum atomic E-state index is 9.86. The minimum atomic E-state index is -0.177. The first kappa shape index (κ1) is 14.3. The van der Waals surface area contributed by atoms with Gasteiger partial charge in [-0.2, -0.15) is 11.8 Å². The highest BCUT2D eigenvalue weighted by atomic mass is 32.2. The summed E-state index contributed by atoms with van der Waals surface area (Å²) in [5, 5.41) is 9.86. The van der Waals surface area contributed by atoms with Crippen molar-refractivity contribution in [3.8, 4) is 0 Å². The molecule has 1 N–H and O–H groups in total. The van der Waals surface area contributed by atoms with Crippen LogP contribution in [0.2, 0.25) is 0 Å². The maximum Gasteiger partial charge on any atom is 0.0624 e. The van der Waals surface area contributed by atoms with E-state index in [1.807, 2.05) is 11.8 Å². The van der Waals surface area contributed by atoms with Crippen molar-refractivity contribution in [2.45, 2.75) is 31.9 Å². The largest absolute Gasteiger partial charge is 0.393 e. The lowest BCUT2D eigenvalue weighted by Crippen LogP contribution is -2.42. The fourth-order valence-electron chi connectivity index (χ4n) is 2.02. The monoisotopic (exact) mass is 247 g/mol. The van der Waals surface area contributed by atoms with Crippen molar-refractivity contribution in [1.29, 1.82) is 0 Å². The Morgan fingerprint density at radius 1 is 1.56 bits per heavy atom. The first-order valence-electron chi connectivity index (χ1n) is 6.10. The van der Waals surface area contributed by atoms with Crippen LogP contribution < -0.4 is 0 Å². The Hall–Kier alpha value is 0.230. The van der Waals surface area contributed by atoms with Crippen molar-refractivity contribution < 1.29 is 9.84 Å². The van der Waals surface area contributed by atoms with Crippen LogP contribution in [0, 0.1) is 5.92 Å². The molecule has 0 radical (unpaired) electrons. The molecule has 3 nitrogen and oxygen atoms in total. The fourth-order valence-corrected chi connectivity index (χ4v) is 2.60. The van der Waals surface area contributed by atoms with E-state index in [1.165, 1.54) is 12.2 Å². The number of nitrogens with zero attached hydrogens (tertiary/aromatic N) is 1. The molecule has 16 heavy (non-hydrogen) atoms. The van der Waals surface area contributed by atoms with Gasteiger partial charge in [-0.25, -0.2) is 0 Å². The summed E-state index contributed by atoms with van der Waals surface area (Å²) >= 11 is 1.89. The van der Waals surface area contributed by atoms with Crippen LogP contribution in [0.3, 0.4) is 0 Å². The minimum absolute atomic E-state index is 0.177. The Morgan fingerprint density at radius 2 is 2.31 bits per heavy atom. The topological polar surface area (TPSA) is 32.7 Å². The van der Waals surface area contributed by atoms with E-state index in [9.17, 15) is 5.11 Å². The average molecular weight is 247 g/mol. The molecule has 1 heterocycles. The Labute approximate surface area is 104 Å². The third-order valence-corrected chi connectivity index (χ3v) is 4.09. The summed E-state index contributed by atoms with van der Waals surface area (Å²) in [6, 6.07) is 0.585. The normalized spacial score (nSPS) is 28.3. The van der Waals surface area contributed by atoms with Crippen LogP contribution in [0.25, 0.3) is 0 Å². The van der Waals surface area contributed by atoms with E-state index in [0.717, 1.165) is 13.0 Å². The molecular weight excluding hydrogens is 222 g/mol. The standard InChI is InChI=1S/C12H25NO2S/c1-10(5-7-16-3)13(2)8-11-9-15-6-4-12(11)14/h10-12,14H,4-9H2,1-3H3. The van der Waals surface area contributed by atoms with E-state index in [0.29, 0.717) is 19.3 Å². The first-order valence-corrected chi connectivity index (χ1v) is 7.49. The number of hydrogen-bond donors (Lipinski definition) is 1. The Bertz CT molecular complexity index is 192. The minimum Gasteiger partial charge on any atom is -0.393 e. The average Bonchev–Trinajstić information content (AvgIpc) is 2.28. The van der Waals surface area contributed by atoms with Gasteiger partial charge in [-0.05, 0) is 38.8 Å². The Balaban J connectivity index is 2.28. The lowest BCUT2D eigenvalue weighted by atomic mass is 9.97. The third kappa shape index (κ3) is 4.62. The van der Waals surface area contributed by atoms with Crippen LogP contribution >= 0.6 is 11.8 Å². The Kier molecular flexibility index (Phi) is 6.73. The first-order chi connectivity index (χ1) is 7.65. The van der Waals surface area contributed by atoms with E-state index >= 15 is 0 Å². The zero-order valence-corrected chi connectivity index (χ0v) is 11.5. The molecule has 0 aromatic heterocycles. The van der Waals surface area contributed by atoms with Gasteiger partial charge >= 0.3 is 0 Å². The lowest BCUT2D eigenvalue weighted by molar-refractivity contribution is -0.0472. The molecule has 0 aromatic carbocycles. The quantitative estimate of drug-likeness (QED) is 0.770. The number of aliphatic hydroxyl groups excluding tert-OH is 1. The van der Waals surface area contributed by atoms with Crippen LogP contribution in [-0.4, -0.2) is 61.0 Å². The number of hydrogen-bond acceptors (Lipinski definition) is 4. The molecule has 1 aliphatic heterocycles. The molecule has 1 fully saturated rings. The molecular formula is C12H25NO2S. The van der Waals surface area contributed by atoms with Crippen LogP contribution in [0.5, 0.6) is 0 Å². The summed E-state index contributed by atoms with van der Waals surface area (Å²) in [5.74, 6) is 1.49. The van der Waals surface area contributed by atoms with Gasteiger partial charge in [0.25, 0.3) is 0 Å². The zero-order chi connectivity index (χ0) is 12.0. The van der Waals surface area contributed by atoms with Gasteiger partial charge in [0.2, 0.25) is 0 Å². The summed E-state index contributed by atoms with van der Waals surface area (Å²) in [5.41, 5.74) is 0. The predicted octanol–water partition coefficient (Wildman–Crippen LogP) is 1.46. The number of rotatable bonds is 6. The van der Waals surface area contributed by atoms with Gasteiger partial charge in [0.05, 0.1) is 12.7 Å². The molecule has 4 heteroatoms. The molecule has 0 bridgehead atoms. The molecule has 0 aliphatic carbocycles. The van der Waals surface area contributed by atoms with Gasteiger partial charge in [-0.15, -0.1) is 0 Å². The summed E-state index contributed by atoms with van der Waals surface area (Å²) in [4.78, 5) is 2.35. The van der Waals surface area contributed by atoms with Gasteiger partial charge in [-0.3, -0.25) is 0 Å². The summed E-state index contributed by atoms with van der Waals surface area (Å²) in [6.07, 6.45) is 3.97. The molecule has 0 spiro atoms. The van der Waals surface area contributed by atoms with Crippen molar-refractivity contribution in [3.63, 3.8) is 0 Å². The van der Waals surface area contributed by atoms with E-state index in [2.05, 4.69) is 25.1 Å². The SMILES string of the molecule is CSCCC(C)N(C)CC1COCCC1O. The van der Waals surface area contributed by atoms with Crippen molar-refractivity contribution >= 4 is 11.8 Å². The highest BCUT2D eigenvalue weighted by molar-refractivity contribution is 7.98. The second-order valence-electron chi connectivity index (χ2n) is 4.76. The molecule has 0 saturated carbocycles. The second kappa shape index (κ2) is 7.54. The highest BCUT2D eigenvalue weighted by Gasteiger charge is 2.25. The number of thioether (sulfide) groups is 1. The summed E-state index contributed by atoms with van der Waals surface area (Å²) in [7, 11) is 2.15. The smallest absolute Gasteiger partial charge is 0.0624 e. The molecule has 96 valence electrons. The van der Waals surface area contributed by atoms with E-state index in [4.69, 9.17) is 4.74 Å². The van der Waals surface area contributed by atoms with Crippen molar-refractivity contribution in [3.05, 3.63) is 0 Å². The molecule has 1 saturated heterocycles. The Morgan fingerprint density at radius 3 is 2.94 bits per heavy atom. The van der Waals surface area contributed by atoms with Crippen LogP contribution in [0.1, 0.15) is 19.8 Å². The van der Waals surface area contributed by atoms with Crippen molar-refractivity contribution in [2.75, 3.05) is 38.8 Å². The van der Waals surface area contributed by atoms with Crippen molar-refractivity contribution in [1.82, 2.24) is 4.90 Å². The predicted molar refractivity (Wildman–Crippen MR) is 70.0 cm³/mol. The fraction of sp³-hybridized carbons (Fsp3) is 1.00. The van der Waals surface area contributed by atoms with E-state index < -0.39 is 0 Å². The van der Waals surface area contributed by atoms with Gasteiger partial charge in [0.15, 0.2) is 0 Å². The molecule has 1 rings (SSSR count). The molecule has 0 amide bonds. The molecule has 0 aromatic rings. The van der Waals surface area contributed by atoms with Crippen molar-refractivity contribution in [2.24, 2.45) is 5.92 Å². The lowest BCUT2D eigenvalue weighted by Gasteiger charge is -2.33. The van der Waals surface area contributed by atoms with E-state index in [1.54, 1.807) is 0 Å².